The summed E-state index contributed by atoms with van der Waals surface area (Å²) in [5, 5.41) is 2.97. The van der Waals surface area contributed by atoms with Gasteiger partial charge in [-0.05, 0) is 26.2 Å². The third-order valence-electron chi connectivity index (χ3n) is 3.53. The average molecular weight is 201 g/mol. The Morgan fingerprint density at radius 3 is 3.00 bits per heavy atom. The van der Waals surface area contributed by atoms with Crippen molar-refractivity contribution in [1.82, 2.24) is 5.32 Å². The number of hydrogen-bond donors (Lipinski definition) is 1. The fourth-order valence-electron chi connectivity index (χ4n) is 2.74. The number of halogens is 1. The van der Waals surface area contributed by atoms with Gasteiger partial charge in [-0.15, -0.1) is 0 Å². The SMILES string of the molecule is CCOC(=O)[C@]12CCC[C@@]1(F)CNC2. The van der Waals surface area contributed by atoms with E-state index in [4.69, 9.17) is 4.74 Å². The predicted octanol–water partition coefficient (Wildman–Crippen LogP) is 1.03. The van der Waals surface area contributed by atoms with E-state index in [0.29, 0.717) is 32.5 Å². The minimum Gasteiger partial charge on any atom is -0.465 e. The molecule has 0 aromatic heterocycles. The first kappa shape index (κ1) is 9.90. The van der Waals surface area contributed by atoms with E-state index in [-0.39, 0.29) is 5.97 Å². The lowest BCUT2D eigenvalue weighted by Gasteiger charge is -2.30. The number of fused-ring (bicyclic) bond motifs is 1. The Kier molecular flexibility index (Phi) is 2.26. The molecule has 1 saturated heterocycles. The summed E-state index contributed by atoms with van der Waals surface area (Å²) in [5.74, 6) is -0.356. The van der Waals surface area contributed by atoms with Crippen LogP contribution < -0.4 is 5.32 Å². The number of nitrogens with one attached hydrogen (secondary N) is 1. The summed E-state index contributed by atoms with van der Waals surface area (Å²) in [6.45, 7) is 2.82. The number of alkyl halides is 1. The smallest absolute Gasteiger partial charge is 0.316 e. The lowest BCUT2D eigenvalue weighted by Crippen LogP contribution is -2.46. The maximum absolute atomic E-state index is 14.4. The molecule has 0 bridgehead atoms. The highest BCUT2D eigenvalue weighted by molar-refractivity contribution is 5.80. The number of hydrogen-bond acceptors (Lipinski definition) is 3. The Labute approximate surface area is 83.0 Å². The molecule has 4 heteroatoms. The van der Waals surface area contributed by atoms with Crippen LogP contribution in [0.5, 0.6) is 0 Å². The highest BCUT2D eigenvalue weighted by Gasteiger charge is 2.64. The Balaban J connectivity index is 2.24. The largest absolute Gasteiger partial charge is 0.465 e. The zero-order valence-corrected chi connectivity index (χ0v) is 8.44. The summed E-state index contributed by atoms with van der Waals surface area (Å²) in [6, 6.07) is 0. The van der Waals surface area contributed by atoms with E-state index in [2.05, 4.69) is 5.32 Å². The third kappa shape index (κ3) is 1.10. The molecule has 2 rings (SSSR count). The number of esters is 1. The zero-order chi connectivity index (χ0) is 10.2. The Hall–Kier alpha value is -0.640. The highest BCUT2D eigenvalue weighted by Crippen LogP contribution is 2.52. The maximum Gasteiger partial charge on any atom is 0.316 e. The van der Waals surface area contributed by atoms with Crippen molar-refractivity contribution in [1.29, 1.82) is 0 Å². The second-order valence-corrected chi connectivity index (χ2v) is 4.22. The van der Waals surface area contributed by atoms with Crippen LogP contribution in [0.25, 0.3) is 0 Å². The summed E-state index contributed by atoms with van der Waals surface area (Å²) >= 11 is 0. The molecule has 0 spiro atoms. The second-order valence-electron chi connectivity index (χ2n) is 4.22. The molecule has 1 heterocycles. The summed E-state index contributed by atoms with van der Waals surface area (Å²) in [7, 11) is 0. The predicted molar refractivity (Wildman–Crippen MR) is 49.6 cm³/mol. The van der Waals surface area contributed by atoms with Gasteiger partial charge in [-0.3, -0.25) is 4.79 Å². The minimum atomic E-state index is -1.36. The molecule has 2 atom stereocenters. The van der Waals surface area contributed by atoms with Gasteiger partial charge in [-0.25, -0.2) is 4.39 Å². The van der Waals surface area contributed by atoms with Crippen LogP contribution in [0.3, 0.4) is 0 Å². The Morgan fingerprint density at radius 1 is 1.50 bits per heavy atom. The molecule has 1 saturated carbocycles. The first-order chi connectivity index (χ1) is 6.65. The standard InChI is InChI=1S/C10H16FNO2/c1-2-14-8(13)9-4-3-5-10(9,11)7-12-6-9/h12H,2-7H2,1H3/t9-,10-/m1/s1. The summed E-state index contributed by atoms with van der Waals surface area (Å²) in [4.78, 5) is 11.8. The maximum atomic E-state index is 14.4. The van der Waals surface area contributed by atoms with E-state index in [1.165, 1.54) is 0 Å². The molecule has 0 aromatic carbocycles. The van der Waals surface area contributed by atoms with Gasteiger partial charge in [0.25, 0.3) is 0 Å². The van der Waals surface area contributed by atoms with Crippen molar-refractivity contribution in [2.24, 2.45) is 5.41 Å². The van der Waals surface area contributed by atoms with Crippen LogP contribution in [0.15, 0.2) is 0 Å². The fourth-order valence-corrected chi connectivity index (χ4v) is 2.74. The number of carbonyl (C=O) groups excluding carboxylic acids is 1. The quantitative estimate of drug-likeness (QED) is 0.678. The van der Waals surface area contributed by atoms with Gasteiger partial charge in [-0.1, -0.05) is 0 Å². The molecule has 0 aromatic rings. The van der Waals surface area contributed by atoms with Crippen LogP contribution in [0.1, 0.15) is 26.2 Å². The van der Waals surface area contributed by atoms with Crippen molar-refractivity contribution in [3.05, 3.63) is 0 Å². The lowest BCUT2D eigenvalue weighted by molar-refractivity contribution is -0.160. The van der Waals surface area contributed by atoms with E-state index < -0.39 is 11.1 Å². The first-order valence-corrected chi connectivity index (χ1v) is 5.21. The third-order valence-corrected chi connectivity index (χ3v) is 3.53. The number of rotatable bonds is 2. The van der Waals surface area contributed by atoms with Crippen molar-refractivity contribution in [3.63, 3.8) is 0 Å². The van der Waals surface area contributed by atoms with E-state index in [1.54, 1.807) is 6.92 Å². The molecular weight excluding hydrogens is 185 g/mol. The van der Waals surface area contributed by atoms with Crippen LogP contribution in [0, 0.1) is 5.41 Å². The molecule has 0 amide bonds. The van der Waals surface area contributed by atoms with Crippen molar-refractivity contribution in [2.75, 3.05) is 19.7 Å². The van der Waals surface area contributed by atoms with Gasteiger partial charge >= 0.3 is 5.97 Å². The molecule has 0 radical (unpaired) electrons. The first-order valence-electron chi connectivity index (χ1n) is 5.21. The Bertz CT molecular complexity index is 245. The van der Waals surface area contributed by atoms with Gasteiger partial charge in [-0.2, -0.15) is 0 Å². The van der Waals surface area contributed by atoms with E-state index in [9.17, 15) is 9.18 Å². The molecule has 0 unspecified atom stereocenters. The molecule has 14 heavy (non-hydrogen) atoms. The molecule has 1 aliphatic heterocycles. The molecule has 3 nitrogen and oxygen atoms in total. The van der Waals surface area contributed by atoms with Crippen molar-refractivity contribution in [3.8, 4) is 0 Å². The van der Waals surface area contributed by atoms with E-state index >= 15 is 0 Å². The van der Waals surface area contributed by atoms with Gasteiger partial charge < -0.3 is 10.1 Å². The van der Waals surface area contributed by atoms with Gasteiger partial charge in [0.2, 0.25) is 0 Å². The molecule has 80 valence electrons. The highest BCUT2D eigenvalue weighted by atomic mass is 19.1. The van der Waals surface area contributed by atoms with E-state index in [1.807, 2.05) is 0 Å². The monoisotopic (exact) mass is 201 g/mol. The molecule has 1 aliphatic carbocycles. The molecule has 2 fully saturated rings. The van der Waals surface area contributed by atoms with Crippen LogP contribution >= 0.6 is 0 Å². The summed E-state index contributed by atoms with van der Waals surface area (Å²) < 4.78 is 19.3. The number of ether oxygens (including phenoxy) is 1. The van der Waals surface area contributed by atoms with Crippen LogP contribution in [0.2, 0.25) is 0 Å². The van der Waals surface area contributed by atoms with Crippen LogP contribution in [-0.4, -0.2) is 31.3 Å². The van der Waals surface area contributed by atoms with Crippen molar-refractivity contribution < 1.29 is 13.9 Å². The summed E-state index contributed by atoms with van der Waals surface area (Å²) in [5.41, 5.74) is -2.25. The Morgan fingerprint density at radius 2 is 2.29 bits per heavy atom. The normalized spacial score (nSPS) is 41.0. The average Bonchev–Trinajstić information content (AvgIpc) is 2.58. The van der Waals surface area contributed by atoms with Gasteiger partial charge in [0, 0.05) is 13.1 Å². The van der Waals surface area contributed by atoms with Crippen molar-refractivity contribution in [2.45, 2.75) is 31.9 Å². The topological polar surface area (TPSA) is 38.3 Å². The van der Waals surface area contributed by atoms with E-state index in [0.717, 1.165) is 6.42 Å². The van der Waals surface area contributed by atoms with Crippen LogP contribution in [-0.2, 0) is 9.53 Å². The zero-order valence-electron chi connectivity index (χ0n) is 8.44. The lowest BCUT2D eigenvalue weighted by atomic mass is 9.78. The van der Waals surface area contributed by atoms with Gasteiger partial charge in [0.05, 0.1) is 6.61 Å². The van der Waals surface area contributed by atoms with Gasteiger partial charge in [0.15, 0.2) is 0 Å². The summed E-state index contributed by atoms with van der Waals surface area (Å²) in [6.07, 6.45) is 1.89. The fraction of sp³-hybridized carbons (Fsp3) is 0.900. The molecular formula is C10H16FNO2. The number of carbonyl (C=O) groups is 1. The molecule has 2 aliphatic rings. The molecule has 1 N–H and O–H groups in total. The second kappa shape index (κ2) is 3.19. The van der Waals surface area contributed by atoms with Gasteiger partial charge in [0.1, 0.15) is 11.1 Å². The van der Waals surface area contributed by atoms with Crippen molar-refractivity contribution >= 4 is 5.97 Å². The van der Waals surface area contributed by atoms with Crippen LogP contribution in [0.4, 0.5) is 4.39 Å². The minimum absolute atomic E-state index is 0.297.